The van der Waals surface area contributed by atoms with Gasteiger partial charge >= 0.3 is 0 Å². The molecule has 0 spiro atoms. The van der Waals surface area contributed by atoms with E-state index in [9.17, 15) is 33.4 Å². The number of carbonyl (C=O) groups excluding carboxylic acids is 3. The van der Waals surface area contributed by atoms with Gasteiger partial charge in [0.2, 0.25) is 11.8 Å². The number of benzene rings is 1. The van der Waals surface area contributed by atoms with Crippen LogP contribution in [0.4, 0.5) is 8.78 Å². The number of nitrogens with zero attached hydrogens (tertiary/aromatic N) is 1. The van der Waals surface area contributed by atoms with Crippen molar-refractivity contribution in [2.75, 3.05) is 0 Å². The van der Waals surface area contributed by atoms with Gasteiger partial charge in [0, 0.05) is 25.4 Å². The fourth-order valence-electron chi connectivity index (χ4n) is 5.12. The van der Waals surface area contributed by atoms with Gasteiger partial charge in [-0.25, -0.2) is 8.78 Å². The number of aromatic nitrogens is 1. The summed E-state index contributed by atoms with van der Waals surface area (Å²) in [6.45, 7) is 6.91. The van der Waals surface area contributed by atoms with Crippen molar-refractivity contribution in [1.82, 2.24) is 20.9 Å². The maximum absolute atomic E-state index is 14.0. The summed E-state index contributed by atoms with van der Waals surface area (Å²) in [6, 6.07) is 2.90. The molecule has 0 fully saturated rings. The highest BCUT2D eigenvalue weighted by atomic mass is 19.1. The van der Waals surface area contributed by atoms with Crippen molar-refractivity contribution < 1.29 is 33.4 Å². The average molecular weight is 591 g/mol. The summed E-state index contributed by atoms with van der Waals surface area (Å²) in [5.74, 6) is -2.89. The minimum atomic E-state index is -1.63. The van der Waals surface area contributed by atoms with E-state index >= 15 is 0 Å². The molecule has 0 unspecified atom stereocenters. The van der Waals surface area contributed by atoms with E-state index in [1.807, 2.05) is 0 Å². The Balaban J connectivity index is 2.35. The molecule has 3 amide bonds. The highest BCUT2D eigenvalue weighted by Crippen LogP contribution is 2.21. The standard InChI is InChI=1S/C31H44F2N4O5/c1-5-8-21(9-6-2)11-12-26(36-30(41)23-10-7-13-34-18-23)31(42)37-27(16-22-14-24(32)17-25(33)15-22)29(40)28(39)19(3)35-20(4)38/h7,10,13-15,17-19,21,26-29,39-40H,5-6,8-9,11-12,16H2,1-4H3,(H,35,38)(H,36,41)(H,37,42)/t19-,26-,27+,28-,29-/m1/s1. The maximum Gasteiger partial charge on any atom is 0.253 e. The number of nitrogens with one attached hydrogen (secondary N) is 3. The lowest BCUT2D eigenvalue weighted by atomic mass is 9.90. The number of rotatable bonds is 17. The van der Waals surface area contributed by atoms with Gasteiger partial charge in [0.15, 0.2) is 0 Å². The van der Waals surface area contributed by atoms with Crippen LogP contribution in [-0.2, 0) is 16.0 Å². The molecule has 0 radical (unpaired) electrons. The van der Waals surface area contributed by atoms with Crippen molar-refractivity contribution in [2.24, 2.45) is 5.92 Å². The quantitative estimate of drug-likeness (QED) is 0.191. The minimum absolute atomic E-state index is 0.137. The maximum atomic E-state index is 14.0. The van der Waals surface area contributed by atoms with Crippen LogP contribution in [0.5, 0.6) is 0 Å². The molecule has 9 nitrogen and oxygen atoms in total. The van der Waals surface area contributed by atoms with Gasteiger partial charge in [-0.15, -0.1) is 0 Å². The number of aliphatic hydroxyl groups excluding tert-OH is 2. The number of aliphatic hydroxyl groups is 2. The van der Waals surface area contributed by atoms with E-state index in [1.165, 1.54) is 26.2 Å². The molecule has 5 N–H and O–H groups in total. The Morgan fingerprint density at radius 1 is 0.905 bits per heavy atom. The summed E-state index contributed by atoms with van der Waals surface area (Å²) in [4.78, 5) is 42.2. The molecule has 0 saturated heterocycles. The Hall–Kier alpha value is -3.44. The first-order valence-electron chi connectivity index (χ1n) is 14.5. The molecule has 0 aliphatic heterocycles. The van der Waals surface area contributed by atoms with Crippen molar-refractivity contribution in [1.29, 1.82) is 0 Å². The van der Waals surface area contributed by atoms with Crippen LogP contribution >= 0.6 is 0 Å². The predicted molar refractivity (Wildman–Crippen MR) is 155 cm³/mol. The lowest BCUT2D eigenvalue weighted by molar-refractivity contribution is -0.127. The van der Waals surface area contributed by atoms with Gasteiger partial charge in [-0.05, 0) is 61.9 Å². The zero-order chi connectivity index (χ0) is 31.2. The van der Waals surface area contributed by atoms with E-state index in [0.717, 1.165) is 37.8 Å². The largest absolute Gasteiger partial charge is 0.388 e. The SMILES string of the molecule is CCCC(CCC)CC[C@@H](NC(=O)c1cccnc1)C(=O)N[C@@H](Cc1cc(F)cc(F)c1)[C@@H](O)[C@H](O)[C@@H](C)NC(C)=O. The second-order valence-electron chi connectivity index (χ2n) is 10.9. The lowest BCUT2D eigenvalue weighted by Crippen LogP contribution is -2.58. The fourth-order valence-corrected chi connectivity index (χ4v) is 5.12. The molecule has 0 bridgehead atoms. The molecule has 42 heavy (non-hydrogen) atoms. The normalized spacial score (nSPS) is 14.9. The van der Waals surface area contributed by atoms with Crippen LogP contribution in [0.2, 0.25) is 0 Å². The van der Waals surface area contributed by atoms with E-state index < -0.39 is 59.7 Å². The first-order chi connectivity index (χ1) is 19.9. The van der Waals surface area contributed by atoms with Crippen LogP contribution in [0.15, 0.2) is 42.7 Å². The Morgan fingerprint density at radius 2 is 1.55 bits per heavy atom. The van der Waals surface area contributed by atoms with E-state index in [2.05, 4.69) is 34.8 Å². The Morgan fingerprint density at radius 3 is 2.10 bits per heavy atom. The van der Waals surface area contributed by atoms with Crippen molar-refractivity contribution in [3.05, 3.63) is 65.5 Å². The Kier molecular flexibility index (Phi) is 14.5. The number of pyridine rings is 1. The predicted octanol–water partition coefficient (Wildman–Crippen LogP) is 3.43. The lowest BCUT2D eigenvalue weighted by Gasteiger charge is -2.32. The van der Waals surface area contributed by atoms with Crippen molar-refractivity contribution in [3.8, 4) is 0 Å². The molecule has 1 aromatic carbocycles. The molecule has 1 aromatic heterocycles. The van der Waals surface area contributed by atoms with Crippen LogP contribution in [-0.4, -0.2) is 63.3 Å². The third-order valence-electron chi connectivity index (χ3n) is 7.21. The van der Waals surface area contributed by atoms with E-state index in [-0.39, 0.29) is 17.5 Å². The van der Waals surface area contributed by atoms with Gasteiger partial charge in [-0.1, -0.05) is 39.5 Å². The van der Waals surface area contributed by atoms with Crippen LogP contribution in [0.25, 0.3) is 0 Å². The van der Waals surface area contributed by atoms with Gasteiger partial charge in [0.25, 0.3) is 5.91 Å². The number of hydrogen-bond acceptors (Lipinski definition) is 6. The Bertz CT molecular complexity index is 1130. The number of hydrogen-bond donors (Lipinski definition) is 5. The highest BCUT2D eigenvalue weighted by molar-refractivity contribution is 5.97. The molecular weight excluding hydrogens is 546 g/mol. The van der Waals surface area contributed by atoms with Crippen molar-refractivity contribution >= 4 is 17.7 Å². The van der Waals surface area contributed by atoms with Gasteiger partial charge in [-0.3, -0.25) is 19.4 Å². The molecule has 1 heterocycles. The van der Waals surface area contributed by atoms with Crippen LogP contribution in [0, 0.1) is 17.6 Å². The van der Waals surface area contributed by atoms with Gasteiger partial charge in [0.05, 0.1) is 17.6 Å². The van der Waals surface area contributed by atoms with Crippen LogP contribution < -0.4 is 16.0 Å². The third kappa shape index (κ3) is 11.4. The van der Waals surface area contributed by atoms with Crippen LogP contribution in [0.3, 0.4) is 0 Å². The molecule has 2 rings (SSSR count). The first-order valence-corrected chi connectivity index (χ1v) is 14.5. The van der Waals surface area contributed by atoms with E-state index in [4.69, 9.17) is 0 Å². The van der Waals surface area contributed by atoms with Crippen molar-refractivity contribution in [2.45, 2.75) is 103 Å². The summed E-state index contributed by atoms with van der Waals surface area (Å²) < 4.78 is 27.9. The number of amides is 3. The molecular formula is C31H44F2N4O5. The summed E-state index contributed by atoms with van der Waals surface area (Å²) in [5.41, 5.74) is 0.401. The van der Waals surface area contributed by atoms with Gasteiger partial charge < -0.3 is 26.2 Å². The topological polar surface area (TPSA) is 141 Å². The average Bonchev–Trinajstić information content (AvgIpc) is 2.93. The summed E-state index contributed by atoms with van der Waals surface area (Å²) >= 11 is 0. The second kappa shape index (κ2) is 17.5. The molecule has 0 aliphatic rings. The van der Waals surface area contributed by atoms with E-state index in [0.29, 0.717) is 24.8 Å². The van der Waals surface area contributed by atoms with Crippen molar-refractivity contribution in [3.63, 3.8) is 0 Å². The summed E-state index contributed by atoms with van der Waals surface area (Å²) in [7, 11) is 0. The molecule has 0 saturated carbocycles. The zero-order valence-electron chi connectivity index (χ0n) is 24.8. The van der Waals surface area contributed by atoms with E-state index in [1.54, 1.807) is 12.1 Å². The molecule has 11 heteroatoms. The fraction of sp³-hybridized carbons (Fsp3) is 0.548. The molecule has 0 aliphatic carbocycles. The zero-order valence-corrected chi connectivity index (χ0v) is 24.8. The number of halogens is 2. The van der Waals surface area contributed by atoms with Gasteiger partial charge in [-0.2, -0.15) is 0 Å². The molecule has 2 aromatic rings. The third-order valence-corrected chi connectivity index (χ3v) is 7.21. The summed E-state index contributed by atoms with van der Waals surface area (Å²) in [6.07, 6.45) is 4.38. The number of carbonyl (C=O) groups is 3. The monoisotopic (exact) mass is 590 g/mol. The molecule has 5 atom stereocenters. The second-order valence-corrected chi connectivity index (χ2v) is 10.9. The summed E-state index contributed by atoms with van der Waals surface area (Å²) in [5, 5.41) is 29.9. The van der Waals surface area contributed by atoms with Gasteiger partial charge in [0.1, 0.15) is 29.9 Å². The highest BCUT2D eigenvalue weighted by Gasteiger charge is 2.34. The smallest absolute Gasteiger partial charge is 0.253 e. The molecule has 232 valence electrons. The minimum Gasteiger partial charge on any atom is -0.388 e. The first kappa shape index (κ1) is 34.8. The van der Waals surface area contributed by atoms with Crippen LogP contribution in [0.1, 0.15) is 82.1 Å². The Labute approximate surface area is 246 Å².